The van der Waals surface area contributed by atoms with Crippen molar-refractivity contribution < 1.29 is 18.8 Å². The predicted molar refractivity (Wildman–Crippen MR) is 126 cm³/mol. The zero-order chi connectivity index (χ0) is 23.2. The minimum atomic E-state index is -0.0926. The first-order valence-electron chi connectivity index (χ1n) is 11.4. The number of hydrogen-bond acceptors (Lipinski definition) is 6. The lowest BCUT2D eigenvalue weighted by molar-refractivity contribution is 0.0938. The number of benzene rings is 2. The van der Waals surface area contributed by atoms with Crippen molar-refractivity contribution in [3.05, 3.63) is 76.7 Å². The largest absolute Gasteiger partial charge is 0.497 e. The van der Waals surface area contributed by atoms with Crippen LogP contribution in [0.1, 0.15) is 51.8 Å². The van der Waals surface area contributed by atoms with Crippen LogP contribution in [-0.2, 0) is 6.61 Å². The van der Waals surface area contributed by atoms with Crippen LogP contribution in [0, 0.1) is 13.8 Å². The van der Waals surface area contributed by atoms with Crippen molar-refractivity contribution >= 4 is 5.91 Å². The second-order valence-corrected chi connectivity index (χ2v) is 8.36. The summed E-state index contributed by atoms with van der Waals surface area (Å²) >= 11 is 0. The molecule has 2 heterocycles. The molecule has 1 atom stereocenters. The maximum absolute atomic E-state index is 12.8. The highest BCUT2D eigenvalue weighted by atomic mass is 16.5. The van der Waals surface area contributed by atoms with Gasteiger partial charge in [-0.1, -0.05) is 17.3 Å². The third-order valence-corrected chi connectivity index (χ3v) is 6.22. The summed E-state index contributed by atoms with van der Waals surface area (Å²) in [6.45, 7) is 6.78. The summed E-state index contributed by atoms with van der Waals surface area (Å²) < 4.78 is 16.3. The van der Waals surface area contributed by atoms with Crippen LogP contribution in [0.25, 0.3) is 0 Å². The van der Waals surface area contributed by atoms with Gasteiger partial charge in [0.25, 0.3) is 5.91 Å². The van der Waals surface area contributed by atoms with E-state index >= 15 is 0 Å². The van der Waals surface area contributed by atoms with Crippen LogP contribution in [0.4, 0.5) is 0 Å². The fourth-order valence-corrected chi connectivity index (χ4v) is 4.19. The second kappa shape index (κ2) is 10.5. The molecule has 174 valence electrons. The average molecular weight is 450 g/mol. The molecule has 1 aliphatic rings. The molecule has 7 heteroatoms. The highest BCUT2D eigenvalue weighted by Gasteiger charge is 2.24. The Hall–Kier alpha value is -3.32. The number of rotatable bonds is 9. The number of carbonyl (C=O) groups excluding carboxylic acids is 1. The zero-order valence-electron chi connectivity index (χ0n) is 19.5. The quantitative estimate of drug-likeness (QED) is 0.520. The summed E-state index contributed by atoms with van der Waals surface area (Å²) in [6, 6.07) is 15.5. The van der Waals surface area contributed by atoms with Crippen molar-refractivity contribution in [2.75, 3.05) is 26.7 Å². The monoisotopic (exact) mass is 449 g/mol. The Labute approximate surface area is 194 Å². The molecule has 1 fully saturated rings. The minimum Gasteiger partial charge on any atom is -0.497 e. The number of nitrogens with one attached hydrogen (secondary N) is 1. The fourth-order valence-electron chi connectivity index (χ4n) is 4.19. The molecule has 0 unspecified atom stereocenters. The Morgan fingerprint density at radius 3 is 2.33 bits per heavy atom. The Kier molecular flexibility index (Phi) is 7.29. The van der Waals surface area contributed by atoms with Crippen molar-refractivity contribution in [1.29, 1.82) is 0 Å². The summed E-state index contributed by atoms with van der Waals surface area (Å²) in [4.78, 5) is 15.3. The summed E-state index contributed by atoms with van der Waals surface area (Å²) in [5, 5.41) is 7.06. The first-order valence-corrected chi connectivity index (χ1v) is 11.4. The maximum atomic E-state index is 12.8. The molecule has 1 amide bonds. The molecule has 0 saturated carbocycles. The summed E-state index contributed by atoms with van der Waals surface area (Å²) in [7, 11) is 1.67. The van der Waals surface area contributed by atoms with Crippen LogP contribution < -0.4 is 14.8 Å². The predicted octanol–water partition coefficient (Wildman–Crippen LogP) is 4.45. The van der Waals surface area contributed by atoms with Crippen LogP contribution in [0.15, 0.2) is 53.1 Å². The molecule has 1 aromatic heterocycles. The van der Waals surface area contributed by atoms with Gasteiger partial charge in [-0.25, -0.2) is 0 Å². The SMILES string of the molecule is COc1ccc([C@H](CNC(=O)c2ccc(OCc3c(C)noc3C)cc2)N2CCCC2)cc1. The average Bonchev–Trinajstić information content (AvgIpc) is 3.49. The number of carbonyl (C=O) groups is 1. The number of amides is 1. The normalized spacial score (nSPS) is 14.8. The van der Waals surface area contributed by atoms with Crippen LogP contribution in [-0.4, -0.2) is 42.7 Å². The van der Waals surface area contributed by atoms with Crippen molar-refractivity contribution in [3.63, 3.8) is 0 Å². The highest BCUT2D eigenvalue weighted by molar-refractivity contribution is 5.94. The van der Waals surface area contributed by atoms with E-state index in [2.05, 4.69) is 27.5 Å². The topological polar surface area (TPSA) is 76.8 Å². The van der Waals surface area contributed by atoms with Gasteiger partial charge in [0.1, 0.15) is 23.9 Å². The summed E-state index contributed by atoms with van der Waals surface area (Å²) in [6.07, 6.45) is 2.38. The Morgan fingerprint density at radius 2 is 1.73 bits per heavy atom. The summed E-state index contributed by atoms with van der Waals surface area (Å²) in [5.74, 6) is 2.19. The van der Waals surface area contributed by atoms with Crippen LogP contribution >= 0.6 is 0 Å². The molecule has 1 aliphatic heterocycles. The third-order valence-electron chi connectivity index (χ3n) is 6.22. The number of aromatic nitrogens is 1. The van der Waals surface area contributed by atoms with Crippen LogP contribution in [0.3, 0.4) is 0 Å². The molecule has 4 rings (SSSR count). The first kappa shape index (κ1) is 22.9. The van der Waals surface area contributed by atoms with Crippen molar-refractivity contribution in [2.45, 2.75) is 39.3 Å². The van der Waals surface area contributed by atoms with Crippen molar-refractivity contribution in [1.82, 2.24) is 15.4 Å². The molecular weight excluding hydrogens is 418 g/mol. The number of methoxy groups -OCH3 is 1. The Balaban J connectivity index is 1.36. The molecule has 0 radical (unpaired) electrons. The van der Waals surface area contributed by atoms with Gasteiger partial charge in [-0.3, -0.25) is 9.69 Å². The van der Waals surface area contributed by atoms with Crippen LogP contribution in [0.5, 0.6) is 11.5 Å². The maximum Gasteiger partial charge on any atom is 0.251 e. The molecule has 0 bridgehead atoms. The van der Waals surface area contributed by atoms with Gasteiger partial charge in [0.15, 0.2) is 0 Å². The standard InChI is InChI=1S/C26H31N3O4/c1-18-24(19(2)33-28-18)17-32-23-12-8-21(9-13-23)26(30)27-16-25(29-14-4-5-15-29)20-6-10-22(31-3)11-7-20/h6-13,25H,4-5,14-17H2,1-3H3,(H,27,30)/t25-/m0/s1. The molecule has 3 aromatic rings. The number of ether oxygens (including phenoxy) is 2. The van der Waals surface area contributed by atoms with Gasteiger partial charge in [0.05, 0.1) is 24.4 Å². The lowest BCUT2D eigenvalue weighted by Crippen LogP contribution is -2.36. The van der Waals surface area contributed by atoms with E-state index in [9.17, 15) is 4.79 Å². The lowest BCUT2D eigenvalue weighted by Gasteiger charge is -2.28. The van der Waals surface area contributed by atoms with Gasteiger partial charge in [-0.15, -0.1) is 0 Å². The molecule has 0 aliphatic carbocycles. The molecule has 1 saturated heterocycles. The molecule has 33 heavy (non-hydrogen) atoms. The Bertz CT molecular complexity index is 1030. The lowest BCUT2D eigenvalue weighted by atomic mass is 10.0. The van der Waals surface area contributed by atoms with E-state index in [1.54, 1.807) is 19.2 Å². The van der Waals surface area contributed by atoms with E-state index in [1.807, 2.05) is 38.1 Å². The number of hydrogen-bond donors (Lipinski definition) is 1. The molecule has 7 nitrogen and oxygen atoms in total. The number of nitrogens with zero attached hydrogens (tertiary/aromatic N) is 2. The first-order chi connectivity index (χ1) is 16.0. The second-order valence-electron chi connectivity index (χ2n) is 8.36. The van der Waals surface area contributed by atoms with Gasteiger partial charge in [-0.2, -0.15) is 0 Å². The van der Waals surface area contributed by atoms with E-state index in [4.69, 9.17) is 14.0 Å². The molecule has 2 aromatic carbocycles. The molecular formula is C26H31N3O4. The molecule has 1 N–H and O–H groups in total. The van der Waals surface area contributed by atoms with Gasteiger partial charge in [0, 0.05) is 12.1 Å². The van der Waals surface area contributed by atoms with Crippen molar-refractivity contribution in [3.8, 4) is 11.5 Å². The van der Waals surface area contributed by atoms with Gasteiger partial charge < -0.3 is 19.3 Å². The molecule has 0 spiro atoms. The zero-order valence-corrected chi connectivity index (χ0v) is 19.5. The summed E-state index contributed by atoms with van der Waals surface area (Å²) in [5.41, 5.74) is 3.56. The van der Waals surface area contributed by atoms with Crippen LogP contribution in [0.2, 0.25) is 0 Å². The van der Waals surface area contributed by atoms with Gasteiger partial charge in [0.2, 0.25) is 0 Å². The van der Waals surface area contributed by atoms with Gasteiger partial charge >= 0.3 is 0 Å². The fraction of sp³-hybridized carbons (Fsp3) is 0.385. The van der Waals surface area contributed by atoms with E-state index in [0.29, 0.717) is 24.5 Å². The number of aryl methyl sites for hydroxylation is 2. The van der Waals surface area contributed by atoms with E-state index in [1.165, 1.54) is 18.4 Å². The smallest absolute Gasteiger partial charge is 0.251 e. The highest BCUT2D eigenvalue weighted by Crippen LogP contribution is 2.26. The van der Waals surface area contributed by atoms with Crippen molar-refractivity contribution in [2.24, 2.45) is 0 Å². The minimum absolute atomic E-state index is 0.0926. The van der Waals surface area contributed by atoms with E-state index in [0.717, 1.165) is 35.9 Å². The van der Waals surface area contributed by atoms with E-state index < -0.39 is 0 Å². The van der Waals surface area contributed by atoms with Gasteiger partial charge in [-0.05, 0) is 81.7 Å². The Morgan fingerprint density at radius 1 is 1.06 bits per heavy atom. The third kappa shape index (κ3) is 5.54. The number of likely N-dealkylation sites (tertiary alicyclic amines) is 1. The van der Waals surface area contributed by atoms with E-state index in [-0.39, 0.29) is 11.9 Å².